The molecule has 1 rings (SSSR count). The third kappa shape index (κ3) is 3.35. The second-order valence-corrected chi connectivity index (χ2v) is 7.07. The summed E-state index contributed by atoms with van der Waals surface area (Å²) in [6, 6.07) is 0. The van der Waals surface area contributed by atoms with E-state index in [0.717, 1.165) is 24.1 Å². The lowest BCUT2D eigenvalue weighted by molar-refractivity contribution is 0.00207. The molecule has 0 bridgehead atoms. The fraction of sp³-hybridized carbons (Fsp3) is 0.875. The Bertz CT molecular complexity index is 293. The molecule has 1 aliphatic rings. The Morgan fingerprint density at radius 1 is 1.29 bits per heavy atom. The van der Waals surface area contributed by atoms with Crippen LogP contribution in [0.4, 0.5) is 4.39 Å². The van der Waals surface area contributed by atoms with Gasteiger partial charge in [-0.25, -0.2) is 5.01 Å². The summed E-state index contributed by atoms with van der Waals surface area (Å²) < 4.78 is 9.90. The largest absolute Gasteiger partial charge is 0.277 e. The maximum Gasteiger partial charge on any atom is 0.267 e. The van der Waals surface area contributed by atoms with E-state index in [0.29, 0.717) is 6.54 Å². The quantitative estimate of drug-likeness (QED) is 0.564. The lowest BCUT2D eigenvalue weighted by atomic mass is 10.3. The highest BCUT2D eigenvalue weighted by Gasteiger charge is 2.54. The van der Waals surface area contributed by atoms with E-state index in [1.165, 1.54) is 5.01 Å². The average molecular weight is 345 g/mol. The Labute approximate surface area is 124 Å². The van der Waals surface area contributed by atoms with Crippen LogP contribution in [-0.2, 0) is 0 Å². The molecule has 0 aromatic heterocycles. The molecule has 0 aliphatic carbocycles. The summed E-state index contributed by atoms with van der Waals surface area (Å²) in [4.78, 5) is 0.860. The molecule has 1 aliphatic heterocycles. The molecular weight excluding hydrogens is 334 g/mol. The van der Waals surface area contributed by atoms with E-state index in [4.69, 9.17) is 58.0 Å². The van der Waals surface area contributed by atoms with Crippen molar-refractivity contribution in [2.45, 2.75) is 34.4 Å². The minimum absolute atomic E-state index is 0.439. The Morgan fingerprint density at radius 3 is 2.35 bits per heavy atom. The Balaban J connectivity index is 2.74. The van der Waals surface area contributed by atoms with Gasteiger partial charge in [-0.15, -0.1) is 0 Å². The van der Waals surface area contributed by atoms with Crippen molar-refractivity contribution < 1.29 is 4.39 Å². The topological polar surface area (TPSA) is 18.8 Å². The molecule has 9 heteroatoms. The lowest BCUT2D eigenvalue weighted by Crippen LogP contribution is -2.52. The number of unbranched alkanes of at least 4 members (excludes halogenated alkanes) is 1. The van der Waals surface area contributed by atoms with Gasteiger partial charge >= 0.3 is 0 Å². The van der Waals surface area contributed by atoms with Gasteiger partial charge in [0, 0.05) is 6.54 Å². The number of rotatable bonds is 4. The summed E-state index contributed by atoms with van der Waals surface area (Å²) in [5.41, 5.74) is 0. The van der Waals surface area contributed by atoms with Crippen molar-refractivity contribution >= 4 is 64.3 Å². The molecule has 0 saturated carbocycles. The minimum atomic E-state index is -2.06. The van der Waals surface area contributed by atoms with Crippen molar-refractivity contribution in [3.63, 3.8) is 0 Å². The van der Waals surface area contributed by atoms with E-state index in [-0.39, 0.29) is 0 Å². The van der Waals surface area contributed by atoms with Gasteiger partial charge in [0.1, 0.15) is 6.34 Å². The fourth-order valence-corrected chi connectivity index (χ4v) is 1.75. The molecule has 0 amide bonds. The third-order valence-electron chi connectivity index (χ3n) is 2.21. The van der Waals surface area contributed by atoms with Gasteiger partial charge < -0.3 is 0 Å². The zero-order chi connectivity index (χ0) is 13.3. The van der Waals surface area contributed by atoms with Gasteiger partial charge in [-0.05, 0) is 6.42 Å². The molecule has 1 heterocycles. The average Bonchev–Trinajstić information content (AvgIpc) is 2.55. The maximum absolute atomic E-state index is 14.0. The number of hydrogen-bond donors (Lipinski definition) is 0. The van der Waals surface area contributed by atoms with Crippen LogP contribution in [0.25, 0.3) is 0 Å². The first kappa shape index (κ1) is 15.7. The molecule has 17 heavy (non-hydrogen) atoms. The van der Waals surface area contributed by atoms with Gasteiger partial charge in [0.15, 0.2) is 0 Å². The van der Waals surface area contributed by atoms with Gasteiger partial charge in [-0.3, -0.25) is 4.90 Å². The smallest absolute Gasteiger partial charge is 0.267 e. The van der Waals surface area contributed by atoms with E-state index in [1.54, 1.807) is 0 Å². The Hall–Kier alpha value is 0.650. The first-order valence-electron chi connectivity index (χ1n) is 4.89. The first-order chi connectivity index (χ1) is 7.71. The fourth-order valence-electron chi connectivity index (χ4n) is 1.21. The molecule has 100 valence electrons. The molecule has 0 fully saturated rings. The highest BCUT2D eigenvalue weighted by atomic mass is 35.6. The second kappa shape index (κ2) is 5.74. The maximum atomic E-state index is 14.0. The van der Waals surface area contributed by atoms with Crippen molar-refractivity contribution in [3.05, 3.63) is 0 Å². The standard InChI is InChI=1S/C8H11Cl5FN3/c1-2-3-4-17-6(14)16(5-15-17)8(12,13)7(9,10)11/h5-6H,2-4H2,1H3. The van der Waals surface area contributed by atoms with E-state index < -0.39 is 14.7 Å². The molecule has 1 unspecified atom stereocenters. The van der Waals surface area contributed by atoms with Crippen LogP contribution in [0.3, 0.4) is 0 Å². The number of hydrazone groups is 1. The summed E-state index contributed by atoms with van der Waals surface area (Å²) >= 11 is 28.5. The van der Waals surface area contributed by atoms with Crippen LogP contribution in [0.5, 0.6) is 0 Å². The highest BCUT2D eigenvalue weighted by Crippen LogP contribution is 2.49. The van der Waals surface area contributed by atoms with Crippen LogP contribution in [0.1, 0.15) is 19.8 Å². The van der Waals surface area contributed by atoms with Crippen LogP contribution in [0, 0.1) is 0 Å². The van der Waals surface area contributed by atoms with Crippen LogP contribution < -0.4 is 0 Å². The lowest BCUT2D eigenvalue weighted by Gasteiger charge is -2.37. The van der Waals surface area contributed by atoms with Gasteiger partial charge in [0.05, 0.1) is 0 Å². The van der Waals surface area contributed by atoms with Crippen molar-refractivity contribution in [1.82, 2.24) is 9.91 Å². The molecule has 3 nitrogen and oxygen atoms in total. The van der Waals surface area contributed by atoms with Gasteiger partial charge in [0.25, 0.3) is 6.42 Å². The van der Waals surface area contributed by atoms with E-state index >= 15 is 0 Å². The SMILES string of the molecule is CCCCN1N=CN(C(Cl)(Cl)C(Cl)(Cl)Cl)C1F. The molecule has 0 aromatic carbocycles. The zero-order valence-corrected chi connectivity index (χ0v) is 12.7. The van der Waals surface area contributed by atoms with Crippen LogP contribution in [-0.4, -0.2) is 37.5 Å². The van der Waals surface area contributed by atoms with Crippen molar-refractivity contribution in [3.8, 4) is 0 Å². The monoisotopic (exact) mass is 343 g/mol. The summed E-state index contributed by atoms with van der Waals surface area (Å²) in [6.07, 6.45) is 1.18. The molecule has 0 radical (unpaired) electrons. The molecule has 0 aromatic rings. The number of nitrogens with zero attached hydrogens (tertiary/aromatic N) is 3. The van der Waals surface area contributed by atoms with Crippen molar-refractivity contribution in [2.75, 3.05) is 6.54 Å². The van der Waals surface area contributed by atoms with Gasteiger partial charge in [0.2, 0.25) is 8.25 Å². The van der Waals surface area contributed by atoms with Crippen LogP contribution in [0.15, 0.2) is 5.10 Å². The Kier molecular flexibility index (Phi) is 5.30. The van der Waals surface area contributed by atoms with Crippen LogP contribution in [0.2, 0.25) is 0 Å². The molecule has 0 N–H and O–H groups in total. The summed E-state index contributed by atoms with van der Waals surface area (Å²) in [5.74, 6) is 0. The molecule has 1 atom stereocenters. The number of hydrogen-bond acceptors (Lipinski definition) is 3. The zero-order valence-electron chi connectivity index (χ0n) is 8.89. The third-order valence-corrected chi connectivity index (χ3v) is 4.56. The first-order valence-corrected chi connectivity index (χ1v) is 6.78. The highest BCUT2D eigenvalue weighted by molar-refractivity contribution is 6.75. The summed E-state index contributed by atoms with van der Waals surface area (Å²) in [7, 11) is 0. The predicted octanol–water partition coefficient (Wildman–Crippen LogP) is 4.10. The number of alkyl halides is 6. The van der Waals surface area contributed by atoms with E-state index in [9.17, 15) is 4.39 Å². The molecule has 0 spiro atoms. The predicted molar refractivity (Wildman–Crippen MR) is 71.6 cm³/mol. The molecular formula is C8H11Cl5FN3. The number of halogens is 6. The second-order valence-electron chi connectivity index (χ2n) is 3.50. The summed E-state index contributed by atoms with van der Waals surface area (Å²) in [6.45, 7) is 2.42. The normalized spacial score (nSPS) is 21.5. The van der Waals surface area contributed by atoms with Gasteiger partial charge in [-0.2, -0.15) is 9.49 Å². The molecule has 0 saturated heterocycles. The summed E-state index contributed by atoms with van der Waals surface area (Å²) in [5, 5.41) is 5.02. The van der Waals surface area contributed by atoms with E-state index in [2.05, 4.69) is 5.10 Å². The van der Waals surface area contributed by atoms with Crippen molar-refractivity contribution in [1.29, 1.82) is 0 Å². The van der Waals surface area contributed by atoms with Gasteiger partial charge in [-0.1, -0.05) is 71.3 Å². The van der Waals surface area contributed by atoms with Crippen molar-refractivity contribution in [2.24, 2.45) is 5.10 Å². The Morgan fingerprint density at radius 2 is 1.88 bits per heavy atom. The van der Waals surface area contributed by atoms with E-state index in [1.807, 2.05) is 6.92 Å². The minimum Gasteiger partial charge on any atom is -0.277 e. The van der Waals surface area contributed by atoms with Crippen LogP contribution >= 0.6 is 58.0 Å².